The normalized spacial score (nSPS) is 11.9. The monoisotopic (exact) mass is 411 g/mol. The number of ether oxygens (including phenoxy) is 1. The van der Waals surface area contributed by atoms with Gasteiger partial charge in [-0.2, -0.15) is 4.68 Å². The van der Waals surface area contributed by atoms with Gasteiger partial charge < -0.3 is 10.1 Å². The Balaban J connectivity index is 1.81. The van der Waals surface area contributed by atoms with Gasteiger partial charge in [0, 0.05) is 5.69 Å². The molecule has 8 heteroatoms. The Morgan fingerprint density at radius 3 is 2.45 bits per heavy atom. The van der Waals surface area contributed by atoms with Crippen LogP contribution in [0.4, 0.5) is 5.69 Å². The Hall–Kier alpha value is -2.87. The number of carbonyl (C=O) groups is 1. The van der Waals surface area contributed by atoms with E-state index < -0.39 is 5.25 Å². The first kappa shape index (κ1) is 20.9. The summed E-state index contributed by atoms with van der Waals surface area (Å²) in [7, 11) is 1.60. The maximum absolute atomic E-state index is 12.8. The van der Waals surface area contributed by atoms with Crippen molar-refractivity contribution in [2.24, 2.45) is 0 Å². The van der Waals surface area contributed by atoms with E-state index in [1.807, 2.05) is 52.8 Å². The maximum atomic E-state index is 12.8. The SMILES string of the molecule is COc1ccc(C)cc1-n1nnnc1S[C@H](C)C(=O)Nc1c(C)cc(C)cc1C. The van der Waals surface area contributed by atoms with Crippen LogP contribution in [0.2, 0.25) is 0 Å². The number of benzene rings is 2. The van der Waals surface area contributed by atoms with E-state index >= 15 is 0 Å². The summed E-state index contributed by atoms with van der Waals surface area (Å²) in [6, 6.07) is 9.90. The summed E-state index contributed by atoms with van der Waals surface area (Å²) in [6.07, 6.45) is 0. The summed E-state index contributed by atoms with van der Waals surface area (Å²) in [5.74, 6) is 0.559. The van der Waals surface area contributed by atoms with Crippen molar-refractivity contribution in [3.8, 4) is 11.4 Å². The first-order valence-electron chi connectivity index (χ1n) is 9.29. The molecule has 1 amide bonds. The summed E-state index contributed by atoms with van der Waals surface area (Å²) >= 11 is 1.30. The van der Waals surface area contributed by atoms with E-state index in [4.69, 9.17) is 4.74 Å². The predicted octanol–water partition coefficient (Wildman–Crippen LogP) is 4.02. The number of carbonyl (C=O) groups excluding carboxylic acids is 1. The highest BCUT2D eigenvalue weighted by Gasteiger charge is 2.21. The van der Waals surface area contributed by atoms with Crippen molar-refractivity contribution in [2.75, 3.05) is 12.4 Å². The third-order valence-electron chi connectivity index (χ3n) is 4.58. The molecule has 0 aliphatic carbocycles. The Bertz CT molecular complexity index is 1020. The van der Waals surface area contributed by atoms with Crippen LogP contribution in [0.25, 0.3) is 5.69 Å². The number of methoxy groups -OCH3 is 1. The quantitative estimate of drug-likeness (QED) is 0.617. The highest BCUT2D eigenvalue weighted by atomic mass is 32.2. The number of rotatable bonds is 6. The average molecular weight is 412 g/mol. The summed E-state index contributed by atoms with van der Waals surface area (Å²) in [5.41, 5.74) is 5.91. The summed E-state index contributed by atoms with van der Waals surface area (Å²) in [5, 5.41) is 15.2. The molecule has 29 heavy (non-hydrogen) atoms. The van der Waals surface area contributed by atoms with E-state index in [0.717, 1.165) is 28.1 Å². The van der Waals surface area contributed by atoms with Gasteiger partial charge in [-0.15, -0.1) is 5.10 Å². The van der Waals surface area contributed by atoms with E-state index in [1.54, 1.807) is 11.8 Å². The van der Waals surface area contributed by atoms with Gasteiger partial charge in [0.2, 0.25) is 11.1 Å². The van der Waals surface area contributed by atoms with E-state index in [-0.39, 0.29) is 5.91 Å². The van der Waals surface area contributed by atoms with Crippen molar-refractivity contribution in [3.05, 3.63) is 52.6 Å². The smallest absolute Gasteiger partial charge is 0.237 e. The zero-order valence-corrected chi connectivity index (χ0v) is 18.3. The van der Waals surface area contributed by atoms with Crippen LogP contribution in [-0.4, -0.2) is 38.5 Å². The van der Waals surface area contributed by atoms with Gasteiger partial charge in [0.05, 0.1) is 12.4 Å². The molecular formula is C21H25N5O2S. The second kappa shape index (κ2) is 8.65. The van der Waals surface area contributed by atoms with Gasteiger partial charge in [0.15, 0.2) is 0 Å². The number of tetrazole rings is 1. The largest absolute Gasteiger partial charge is 0.494 e. The Morgan fingerprint density at radius 2 is 1.79 bits per heavy atom. The van der Waals surface area contributed by atoms with E-state index in [2.05, 4.69) is 33.0 Å². The van der Waals surface area contributed by atoms with Crippen LogP contribution in [0.3, 0.4) is 0 Å². The molecule has 0 aliphatic rings. The molecule has 0 saturated heterocycles. The summed E-state index contributed by atoms with van der Waals surface area (Å²) in [4.78, 5) is 12.8. The van der Waals surface area contributed by atoms with E-state index in [1.165, 1.54) is 17.3 Å². The van der Waals surface area contributed by atoms with Gasteiger partial charge in [-0.3, -0.25) is 4.79 Å². The number of anilines is 1. The van der Waals surface area contributed by atoms with Gasteiger partial charge in [-0.1, -0.05) is 35.5 Å². The lowest BCUT2D eigenvalue weighted by atomic mass is 10.1. The molecule has 0 spiro atoms. The van der Waals surface area contributed by atoms with Crippen LogP contribution in [0.1, 0.15) is 29.2 Å². The van der Waals surface area contributed by atoms with Crippen LogP contribution in [0.15, 0.2) is 35.5 Å². The zero-order chi connectivity index (χ0) is 21.1. The second-order valence-corrected chi connectivity index (χ2v) is 8.38. The van der Waals surface area contributed by atoms with Gasteiger partial charge in [0.1, 0.15) is 11.4 Å². The molecule has 3 aromatic rings. The summed E-state index contributed by atoms with van der Waals surface area (Å²) < 4.78 is 7.04. The lowest BCUT2D eigenvalue weighted by Gasteiger charge is -2.16. The van der Waals surface area contributed by atoms with Crippen molar-refractivity contribution in [1.82, 2.24) is 20.2 Å². The first-order chi connectivity index (χ1) is 13.8. The molecule has 3 rings (SSSR count). The Labute approximate surface area is 174 Å². The number of hydrogen-bond donors (Lipinski definition) is 1. The minimum absolute atomic E-state index is 0.101. The van der Waals surface area contributed by atoms with Crippen molar-refractivity contribution >= 4 is 23.4 Å². The van der Waals surface area contributed by atoms with Crippen LogP contribution in [0.5, 0.6) is 5.75 Å². The van der Waals surface area contributed by atoms with Crippen LogP contribution < -0.4 is 10.1 Å². The van der Waals surface area contributed by atoms with Gasteiger partial charge in [-0.05, 0) is 73.9 Å². The van der Waals surface area contributed by atoms with Crippen LogP contribution in [0, 0.1) is 27.7 Å². The minimum Gasteiger partial charge on any atom is -0.494 e. The maximum Gasteiger partial charge on any atom is 0.237 e. The number of nitrogens with zero attached hydrogens (tertiary/aromatic N) is 4. The molecule has 0 unspecified atom stereocenters. The molecule has 1 heterocycles. The van der Waals surface area contributed by atoms with Gasteiger partial charge in [-0.25, -0.2) is 0 Å². The minimum atomic E-state index is -0.393. The molecular weight excluding hydrogens is 386 g/mol. The number of hydrogen-bond acceptors (Lipinski definition) is 6. The molecule has 1 aromatic heterocycles. The lowest BCUT2D eigenvalue weighted by Crippen LogP contribution is -2.24. The fraction of sp³-hybridized carbons (Fsp3) is 0.333. The van der Waals surface area contributed by atoms with Gasteiger partial charge in [0.25, 0.3) is 0 Å². The molecule has 0 saturated carbocycles. The van der Waals surface area contributed by atoms with Crippen LogP contribution in [-0.2, 0) is 4.79 Å². The topological polar surface area (TPSA) is 81.9 Å². The zero-order valence-electron chi connectivity index (χ0n) is 17.5. The molecule has 7 nitrogen and oxygen atoms in total. The molecule has 1 atom stereocenters. The molecule has 1 N–H and O–H groups in total. The highest BCUT2D eigenvalue weighted by Crippen LogP contribution is 2.30. The van der Waals surface area contributed by atoms with Crippen molar-refractivity contribution < 1.29 is 9.53 Å². The molecule has 0 radical (unpaired) electrons. The van der Waals surface area contributed by atoms with E-state index in [9.17, 15) is 4.79 Å². The number of amides is 1. The molecule has 152 valence electrons. The Morgan fingerprint density at radius 1 is 1.10 bits per heavy atom. The Kier molecular flexibility index (Phi) is 6.22. The fourth-order valence-electron chi connectivity index (χ4n) is 3.18. The lowest BCUT2D eigenvalue weighted by molar-refractivity contribution is -0.115. The van der Waals surface area contributed by atoms with Gasteiger partial charge >= 0.3 is 0 Å². The number of aromatic nitrogens is 4. The highest BCUT2D eigenvalue weighted by molar-refractivity contribution is 8.00. The average Bonchev–Trinajstić information content (AvgIpc) is 3.12. The standard InChI is InChI=1S/C21H25N5O2S/c1-12-7-8-18(28-6)17(11-12)26-21(23-24-25-26)29-16(5)20(27)22-19-14(3)9-13(2)10-15(19)4/h7-11,16H,1-6H3,(H,22,27)/t16-/m1/s1. The predicted molar refractivity (Wildman–Crippen MR) is 115 cm³/mol. The first-order valence-corrected chi connectivity index (χ1v) is 10.2. The fourth-order valence-corrected chi connectivity index (χ4v) is 3.98. The third kappa shape index (κ3) is 4.59. The molecule has 0 aliphatic heterocycles. The third-order valence-corrected chi connectivity index (χ3v) is 5.61. The van der Waals surface area contributed by atoms with Crippen molar-refractivity contribution in [3.63, 3.8) is 0 Å². The molecule has 2 aromatic carbocycles. The number of nitrogens with one attached hydrogen (secondary N) is 1. The second-order valence-electron chi connectivity index (χ2n) is 7.07. The number of aryl methyl sites for hydroxylation is 4. The van der Waals surface area contributed by atoms with Crippen LogP contribution >= 0.6 is 11.8 Å². The van der Waals surface area contributed by atoms with E-state index in [0.29, 0.717) is 10.9 Å². The summed E-state index contributed by atoms with van der Waals surface area (Å²) in [6.45, 7) is 9.87. The van der Waals surface area contributed by atoms with Crippen molar-refractivity contribution in [1.29, 1.82) is 0 Å². The molecule has 0 bridgehead atoms. The van der Waals surface area contributed by atoms with Crippen molar-refractivity contribution in [2.45, 2.75) is 45.0 Å². The number of thioether (sulfide) groups is 1. The molecule has 0 fully saturated rings.